The first-order valence-electron chi connectivity index (χ1n) is 8.97. The first kappa shape index (κ1) is 17.0. The van der Waals surface area contributed by atoms with Crippen LogP contribution < -0.4 is 10.2 Å². The number of hydrogen-bond donors (Lipinski definition) is 1. The second-order valence-corrected chi connectivity index (χ2v) is 6.80. The van der Waals surface area contributed by atoms with E-state index < -0.39 is 0 Å². The van der Waals surface area contributed by atoms with Gasteiger partial charge in [-0.2, -0.15) is 5.10 Å². The Morgan fingerprint density at radius 3 is 2.92 bits per heavy atom. The molecule has 2 aliphatic rings. The fourth-order valence-corrected chi connectivity index (χ4v) is 3.50. The van der Waals surface area contributed by atoms with Gasteiger partial charge >= 0.3 is 0 Å². The maximum absolute atomic E-state index is 11.2. The lowest BCUT2D eigenvalue weighted by molar-refractivity contribution is -0.121. The molecule has 0 radical (unpaired) electrons. The van der Waals surface area contributed by atoms with Crippen molar-refractivity contribution in [3.63, 3.8) is 0 Å². The Labute approximate surface area is 144 Å². The SMILES string of the molecule is Cc1cc(OCCCN2CCC[C@H]2C)ccc1C1=NNC(=O)CC1. The number of nitrogens with one attached hydrogen (secondary N) is 1. The molecule has 0 aliphatic carbocycles. The van der Waals surface area contributed by atoms with E-state index in [2.05, 4.69) is 35.3 Å². The molecule has 0 spiro atoms. The molecular formula is C19H27N3O2. The van der Waals surface area contributed by atoms with Crippen LogP contribution in [0.1, 0.15) is 50.2 Å². The van der Waals surface area contributed by atoms with Crippen molar-refractivity contribution in [2.24, 2.45) is 5.10 Å². The van der Waals surface area contributed by atoms with E-state index in [0.29, 0.717) is 12.8 Å². The summed E-state index contributed by atoms with van der Waals surface area (Å²) in [6.45, 7) is 7.47. The Morgan fingerprint density at radius 1 is 1.38 bits per heavy atom. The highest BCUT2D eigenvalue weighted by Crippen LogP contribution is 2.21. The van der Waals surface area contributed by atoms with Gasteiger partial charge in [0.2, 0.25) is 5.91 Å². The Balaban J connectivity index is 1.50. The molecule has 2 heterocycles. The lowest BCUT2D eigenvalue weighted by Crippen LogP contribution is -2.28. The first-order chi connectivity index (χ1) is 11.6. The van der Waals surface area contributed by atoms with Crippen LogP contribution in [0, 0.1) is 6.92 Å². The largest absolute Gasteiger partial charge is 0.494 e. The van der Waals surface area contributed by atoms with Gasteiger partial charge in [0, 0.05) is 31.0 Å². The van der Waals surface area contributed by atoms with Crippen molar-refractivity contribution in [1.29, 1.82) is 0 Å². The van der Waals surface area contributed by atoms with E-state index in [1.807, 2.05) is 12.1 Å². The molecule has 1 aromatic rings. The first-order valence-corrected chi connectivity index (χ1v) is 8.97. The van der Waals surface area contributed by atoms with Crippen molar-refractivity contribution in [2.45, 2.75) is 52.0 Å². The summed E-state index contributed by atoms with van der Waals surface area (Å²) in [4.78, 5) is 13.7. The highest BCUT2D eigenvalue weighted by Gasteiger charge is 2.19. The van der Waals surface area contributed by atoms with E-state index in [1.165, 1.54) is 19.4 Å². The Morgan fingerprint density at radius 2 is 2.25 bits per heavy atom. The van der Waals surface area contributed by atoms with Crippen molar-refractivity contribution >= 4 is 11.6 Å². The molecule has 1 amide bonds. The number of aryl methyl sites for hydroxylation is 1. The molecular weight excluding hydrogens is 302 g/mol. The zero-order valence-corrected chi connectivity index (χ0v) is 14.7. The number of rotatable bonds is 6. The quantitative estimate of drug-likeness (QED) is 0.817. The van der Waals surface area contributed by atoms with Crippen molar-refractivity contribution in [3.05, 3.63) is 29.3 Å². The van der Waals surface area contributed by atoms with Gasteiger partial charge in [0.1, 0.15) is 5.75 Å². The summed E-state index contributed by atoms with van der Waals surface area (Å²) < 4.78 is 5.90. The van der Waals surface area contributed by atoms with Gasteiger partial charge in [-0.3, -0.25) is 4.79 Å². The summed E-state index contributed by atoms with van der Waals surface area (Å²) in [5, 5.41) is 4.17. The third-order valence-corrected chi connectivity index (χ3v) is 4.96. The van der Waals surface area contributed by atoms with Crippen LogP contribution in [-0.2, 0) is 4.79 Å². The Hall–Kier alpha value is -1.88. The molecule has 1 atom stereocenters. The second-order valence-electron chi connectivity index (χ2n) is 6.80. The van der Waals surface area contributed by atoms with Crippen molar-refractivity contribution in [3.8, 4) is 5.75 Å². The average molecular weight is 329 g/mol. The zero-order valence-electron chi connectivity index (χ0n) is 14.7. The van der Waals surface area contributed by atoms with Crippen LogP contribution >= 0.6 is 0 Å². The van der Waals surface area contributed by atoms with Crippen molar-refractivity contribution in [2.75, 3.05) is 19.7 Å². The van der Waals surface area contributed by atoms with E-state index in [4.69, 9.17) is 4.74 Å². The standard InChI is InChI=1S/C19H27N3O2/c1-14-13-16(24-12-4-11-22-10-3-5-15(22)2)6-7-17(14)18-8-9-19(23)21-20-18/h6-7,13,15H,3-5,8-12H2,1-2H3,(H,21,23)/t15-/m1/s1. The summed E-state index contributed by atoms with van der Waals surface area (Å²) in [6, 6.07) is 6.83. The van der Waals surface area contributed by atoms with Gasteiger partial charge in [0.25, 0.3) is 0 Å². The summed E-state index contributed by atoms with van der Waals surface area (Å²) >= 11 is 0. The smallest absolute Gasteiger partial charge is 0.240 e. The monoisotopic (exact) mass is 329 g/mol. The maximum Gasteiger partial charge on any atom is 0.240 e. The van der Waals surface area contributed by atoms with Crippen molar-refractivity contribution in [1.82, 2.24) is 10.3 Å². The highest BCUT2D eigenvalue weighted by molar-refractivity contribution is 6.05. The van der Waals surface area contributed by atoms with Gasteiger partial charge in [-0.1, -0.05) is 0 Å². The fraction of sp³-hybridized carbons (Fsp3) is 0.579. The molecule has 1 aromatic carbocycles. The van der Waals surface area contributed by atoms with Gasteiger partial charge in [0.05, 0.1) is 12.3 Å². The molecule has 5 heteroatoms. The molecule has 2 aliphatic heterocycles. The molecule has 1 fully saturated rings. The molecule has 0 bridgehead atoms. The van der Waals surface area contributed by atoms with E-state index in [9.17, 15) is 4.79 Å². The minimum Gasteiger partial charge on any atom is -0.494 e. The number of carbonyl (C=O) groups excluding carboxylic acids is 1. The van der Waals surface area contributed by atoms with E-state index in [1.54, 1.807) is 0 Å². The molecule has 5 nitrogen and oxygen atoms in total. The number of hydrogen-bond acceptors (Lipinski definition) is 4. The summed E-state index contributed by atoms with van der Waals surface area (Å²) in [7, 11) is 0. The third kappa shape index (κ3) is 4.15. The molecule has 1 saturated heterocycles. The number of carbonyl (C=O) groups is 1. The third-order valence-electron chi connectivity index (χ3n) is 4.96. The molecule has 0 saturated carbocycles. The van der Waals surface area contributed by atoms with Gasteiger partial charge in [-0.25, -0.2) is 5.43 Å². The van der Waals surface area contributed by atoms with Crippen LogP contribution in [0.4, 0.5) is 0 Å². The van der Waals surface area contributed by atoms with Crippen LogP contribution in [0.15, 0.2) is 23.3 Å². The molecule has 3 rings (SSSR count). The van der Waals surface area contributed by atoms with Crippen LogP contribution in [0.25, 0.3) is 0 Å². The van der Waals surface area contributed by atoms with E-state index in [0.717, 1.165) is 48.2 Å². The minimum atomic E-state index is -0.0105. The Bertz CT molecular complexity index is 627. The lowest BCUT2D eigenvalue weighted by atomic mass is 9.99. The highest BCUT2D eigenvalue weighted by atomic mass is 16.5. The summed E-state index contributed by atoms with van der Waals surface area (Å²) in [5.74, 6) is 0.898. The molecule has 0 unspecified atom stereocenters. The predicted octanol–water partition coefficient (Wildman–Crippen LogP) is 2.86. The molecule has 130 valence electrons. The van der Waals surface area contributed by atoms with Crippen LogP contribution in [0.5, 0.6) is 5.75 Å². The van der Waals surface area contributed by atoms with Gasteiger partial charge in [-0.15, -0.1) is 0 Å². The number of amides is 1. The van der Waals surface area contributed by atoms with Crippen LogP contribution in [-0.4, -0.2) is 42.3 Å². The molecule has 24 heavy (non-hydrogen) atoms. The van der Waals surface area contributed by atoms with Gasteiger partial charge < -0.3 is 9.64 Å². The Kier molecular flexibility index (Phi) is 5.51. The number of ether oxygens (including phenoxy) is 1. The van der Waals surface area contributed by atoms with Crippen LogP contribution in [0.2, 0.25) is 0 Å². The van der Waals surface area contributed by atoms with Crippen LogP contribution in [0.3, 0.4) is 0 Å². The minimum absolute atomic E-state index is 0.0105. The summed E-state index contributed by atoms with van der Waals surface area (Å²) in [5.41, 5.74) is 5.73. The lowest BCUT2D eigenvalue weighted by Gasteiger charge is -2.20. The number of benzene rings is 1. The normalized spacial score (nSPS) is 21.5. The zero-order chi connectivity index (χ0) is 16.9. The number of likely N-dealkylation sites (tertiary alicyclic amines) is 1. The summed E-state index contributed by atoms with van der Waals surface area (Å²) in [6.07, 6.45) is 4.91. The van der Waals surface area contributed by atoms with E-state index in [-0.39, 0.29) is 5.91 Å². The topological polar surface area (TPSA) is 53.9 Å². The maximum atomic E-state index is 11.2. The molecule has 0 aromatic heterocycles. The van der Waals surface area contributed by atoms with Crippen molar-refractivity contribution < 1.29 is 9.53 Å². The van der Waals surface area contributed by atoms with Gasteiger partial charge in [0.15, 0.2) is 0 Å². The predicted molar refractivity (Wildman–Crippen MR) is 95.5 cm³/mol. The number of nitrogens with zero attached hydrogens (tertiary/aromatic N) is 2. The fourth-order valence-electron chi connectivity index (χ4n) is 3.50. The molecule has 1 N–H and O–H groups in total. The average Bonchev–Trinajstić information content (AvgIpc) is 2.98. The second kappa shape index (κ2) is 7.79. The van der Waals surface area contributed by atoms with E-state index >= 15 is 0 Å². The van der Waals surface area contributed by atoms with Gasteiger partial charge in [-0.05, 0) is 63.4 Å². The number of hydrazone groups is 1.